The van der Waals surface area contributed by atoms with E-state index in [9.17, 15) is 33.4 Å². The third-order valence-electron chi connectivity index (χ3n) is 14.3. The molecular weight excluding hydrogens is 1100 g/mol. The van der Waals surface area contributed by atoms with Crippen molar-refractivity contribution in [1.82, 2.24) is 30.6 Å². The SMILES string of the molecule is CCCCCCCCCCCCCCCCCC(=O)OCC(COP(=O)(O)OCC[N+](C)(C)C)OC(=O)CCNC(=O)[C@H](CCC(=O)OCCCCCCCCCCCC)NC(=O)c1ccc(N(C)Cc2cnc3nc(N)nc(N)c3n2)cc1. The second kappa shape index (κ2) is 42.3. The summed E-state index contributed by atoms with van der Waals surface area (Å²) in [7, 11) is 2.92. The van der Waals surface area contributed by atoms with Gasteiger partial charge in [-0.05, 0) is 43.5 Å². The first kappa shape index (κ1) is 72.7. The molecule has 84 heavy (non-hydrogen) atoms. The van der Waals surface area contributed by atoms with E-state index in [0.29, 0.717) is 35.2 Å². The Bertz CT molecular complexity index is 2410. The Kier molecular flexibility index (Phi) is 36.6. The number of nitrogens with zero attached hydrogens (tertiary/aromatic N) is 6. The van der Waals surface area contributed by atoms with Crippen LogP contribution in [0.15, 0.2) is 30.5 Å². The Morgan fingerprint density at radius 1 is 0.655 bits per heavy atom. The Hall–Kier alpha value is -5.54. The molecule has 0 spiro atoms. The van der Waals surface area contributed by atoms with Crippen molar-refractivity contribution in [1.29, 1.82) is 0 Å². The van der Waals surface area contributed by atoms with Crippen molar-refractivity contribution in [3.63, 3.8) is 0 Å². The van der Waals surface area contributed by atoms with Crippen molar-refractivity contribution in [3.8, 4) is 0 Å². The standard InChI is InChI=1S/C61H103N10O12P/c1-7-9-11-13-15-17-19-20-21-22-23-24-26-28-30-32-53(72)80-46-51(47-82-84(77,78)81-43-41-71(4,5)6)83-55(74)39-40-64-60(76)52(37-38-54(73)79-42-31-29-27-25-18-16-14-12-10-8-2)67-59(75)48-33-35-50(36-34-48)70(3)45-49-44-65-58-56(66-49)57(62)68-61(63)69-58/h33-36,44,51-52H,7-32,37-43,45-47H2,1-6H3,(H6-,62,63,64,65,67,68,69,75,76,77,78)/p+1/t51?,52-/m0/s1. The molecule has 474 valence electrons. The minimum atomic E-state index is -4.59. The van der Waals surface area contributed by atoms with Crippen molar-refractivity contribution in [2.75, 3.05) is 84.1 Å². The molecule has 23 heteroatoms. The summed E-state index contributed by atoms with van der Waals surface area (Å²) in [5.41, 5.74) is 13.9. The number of nitrogens with one attached hydrogen (secondary N) is 2. The second-order valence-corrected chi connectivity index (χ2v) is 24.5. The third-order valence-corrected chi connectivity index (χ3v) is 15.3. The maximum absolute atomic E-state index is 13.8. The number of fused-ring (bicyclic) bond motifs is 1. The fraction of sp³-hybridized carbons (Fsp3) is 0.721. The van der Waals surface area contributed by atoms with Gasteiger partial charge in [0.25, 0.3) is 5.91 Å². The Morgan fingerprint density at radius 3 is 1.77 bits per heavy atom. The average Bonchev–Trinajstić information content (AvgIpc) is 3.66. The number of benzene rings is 1. The molecule has 3 aromatic rings. The van der Waals surface area contributed by atoms with Crippen LogP contribution < -0.4 is 27.0 Å². The van der Waals surface area contributed by atoms with Crippen LogP contribution in [0.2, 0.25) is 0 Å². The van der Waals surface area contributed by atoms with Crippen molar-refractivity contribution in [3.05, 3.63) is 41.7 Å². The predicted octanol–water partition coefficient (Wildman–Crippen LogP) is 10.6. The number of phosphoric acid groups is 1. The number of phosphoric ester groups is 1. The molecule has 0 radical (unpaired) electrons. The number of carbonyl (C=O) groups excluding carboxylic acids is 5. The maximum atomic E-state index is 13.8. The fourth-order valence-corrected chi connectivity index (χ4v) is 9.94. The minimum Gasteiger partial charge on any atom is -0.466 e. The summed E-state index contributed by atoms with van der Waals surface area (Å²) in [6.45, 7) is 4.02. The van der Waals surface area contributed by atoms with E-state index in [-0.39, 0.29) is 68.4 Å². The van der Waals surface area contributed by atoms with E-state index in [2.05, 4.69) is 44.4 Å². The minimum absolute atomic E-state index is 0.00646. The number of likely N-dealkylation sites (N-methyl/N-ethyl adjacent to an activating group) is 1. The summed E-state index contributed by atoms with van der Waals surface area (Å²) in [6.07, 6.45) is 29.0. The Labute approximate surface area is 500 Å². The summed E-state index contributed by atoms with van der Waals surface area (Å²) in [5, 5.41) is 5.40. The largest absolute Gasteiger partial charge is 0.472 e. The first-order valence-corrected chi connectivity index (χ1v) is 32.7. The molecule has 3 atom stereocenters. The second-order valence-electron chi connectivity index (χ2n) is 23.0. The average molecular weight is 1200 g/mol. The normalized spacial score (nSPS) is 13.0. The highest BCUT2D eigenvalue weighted by Crippen LogP contribution is 2.43. The number of quaternary nitrogens is 1. The lowest BCUT2D eigenvalue weighted by Gasteiger charge is -2.24. The monoisotopic (exact) mass is 1200 g/mol. The molecule has 2 heterocycles. The van der Waals surface area contributed by atoms with Crippen LogP contribution in [0.5, 0.6) is 0 Å². The quantitative estimate of drug-likeness (QED) is 0.0115. The smallest absolute Gasteiger partial charge is 0.466 e. The summed E-state index contributed by atoms with van der Waals surface area (Å²) < 4.78 is 40.1. The van der Waals surface area contributed by atoms with E-state index < -0.39 is 62.9 Å². The number of carbonyl (C=O) groups is 5. The van der Waals surface area contributed by atoms with E-state index in [4.69, 9.17) is 34.7 Å². The summed E-state index contributed by atoms with van der Waals surface area (Å²) in [6, 6.07) is 5.44. The zero-order chi connectivity index (χ0) is 61.4. The molecular formula is C61H104N10O12P+. The van der Waals surface area contributed by atoms with Gasteiger partial charge in [0.15, 0.2) is 23.1 Å². The van der Waals surface area contributed by atoms with Gasteiger partial charge in [0.2, 0.25) is 11.9 Å². The lowest BCUT2D eigenvalue weighted by molar-refractivity contribution is -0.870. The number of esters is 3. The number of nitrogens with two attached hydrogens (primary N) is 2. The van der Waals surface area contributed by atoms with Crippen LogP contribution in [-0.2, 0) is 53.5 Å². The van der Waals surface area contributed by atoms with E-state index in [1.54, 1.807) is 30.5 Å². The van der Waals surface area contributed by atoms with Gasteiger partial charge in [-0.2, -0.15) is 9.97 Å². The van der Waals surface area contributed by atoms with Crippen LogP contribution in [0.3, 0.4) is 0 Å². The van der Waals surface area contributed by atoms with Crippen LogP contribution in [0.4, 0.5) is 17.5 Å². The van der Waals surface area contributed by atoms with Crippen LogP contribution in [0, 0.1) is 0 Å². The van der Waals surface area contributed by atoms with Crippen molar-refractivity contribution in [2.45, 2.75) is 219 Å². The molecule has 2 unspecified atom stereocenters. The number of ether oxygens (including phenoxy) is 3. The number of amides is 2. The number of rotatable bonds is 49. The molecule has 0 aliphatic heterocycles. The highest BCUT2D eigenvalue weighted by atomic mass is 31.2. The Morgan fingerprint density at radius 2 is 1.20 bits per heavy atom. The lowest BCUT2D eigenvalue weighted by atomic mass is 10.0. The third kappa shape index (κ3) is 33.8. The van der Waals surface area contributed by atoms with Crippen molar-refractivity contribution >= 4 is 66.2 Å². The predicted molar refractivity (Wildman–Crippen MR) is 328 cm³/mol. The van der Waals surface area contributed by atoms with Gasteiger partial charge in [0.05, 0.1) is 59.2 Å². The number of aromatic nitrogens is 4. The number of hydrogen-bond donors (Lipinski definition) is 5. The van der Waals surface area contributed by atoms with Crippen LogP contribution >= 0.6 is 7.82 Å². The van der Waals surface area contributed by atoms with E-state index >= 15 is 0 Å². The fourth-order valence-electron chi connectivity index (χ4n) is 9.20. The summed E-state index contributed by atoms with van der Waals surface area (Å²) in [4.78, 5) is 95.8. The number of hydrogen-bond acceptors (Lipinski definition) is 18. The molecule has 0 saturated heterocycles. The molecule has 2 amide bonds. The van der Waals surface area contributed by atoms with E-state index in [1.807, 2.05) is 33.1 Å². The molecule has 0 bridgehead atoms. The lowest BCUT2D eigenvalue weighted by Crippen LogP contribution is -2.47. The van der Waals surface area contributed by atoms with Gasteiger partial charge in [-0.25, -0.2) is 14.5 Å². The van der Waals surface area contributed by atoms with Gasteiger partial charge in [-0.15, -0.1) is 0 Å². The molecule has 22 nitrogen and oxygen atoms in total. The molecule has 0 fully saturated rings. The zero-order valence-electron chi connectivity index (χ0n) is 51.7. The molecule has 3 rings (SSSR count). The first-order chi connectivity index (χ1) is 40.3. The van der Waals surface area contributed by atoms with Gasteiger partial charge < -0.3 is 50.6 Å². The molecule has 0 saturated carbocycles. The Balaban J connectivity index is 1.57. The number of anilines is 3. The highest BCUT2D eigenvalue weighted by Gasteiger charge is 2.28. The van der Waals surface area contributed by atoms with Crippen LogP contribution in [0.1, 0.15) is 216 Å². The molecule has 7 N–H and O–H groups in total. The van der Waals surface area contributed by atoms with Gasteiger partial charge in [0.1, 0.15) is 25.8 Å². The van der Waals surface area contributed by atoms with Gasteiger partial charge in [-0.1, -0.05) is 162 Å². The van der Waals surface area contributed by atoms with Crippen LogP contribution in [0.25, 0.3) is 11.2 Å². The number of nitrogen functional groups attached to an aromatic ring is 2. The maximum Gasteiger partial charge on any atom is 0.472 e. The molecule has 2 aromatic heterocycles. The molecule has 1 aromatic carbocycles. The zero-order valence-corrected chi connectivity index (χ0v) is 52.6. The van der Waals surface area contributed by atoms with E-state index in [1.165, 1.54) is 109 Å². The van der Waals surface area contributed by atoms with E-state index in [0.717, 1.165) is 50.6 Å². The summed E-state index contributed by atoms with van der Waals surface area (Å²) in [5.74, 6) is -3.01. The van der Waals surface area contributed by atoms with Crippen LogP contribution in [-0.4, -0.2) is 139 Å². The molecule has 0 aliphatic rings. The summed E-state index contributed by atoms with van der Waals surface area (Å²) >= 11 is 0. The topological polar surface area (TPSA) is 300 Å². The molecule has 0 aliphatic carbocycles. The van der Waals surface area contributed by atoms with Gasteiger partial charge in [0, 0.05) is 37.7 Å². The number of unbranched alkanes of at least 4 members (excludes halogenated alkanes) is 23. The van der Waals surface area contributed by atoms with Gasteiger partial charge >= 0.3 is 25.7 Å². The highest BCUT2D eigenvalue weighted by molar-refractivity contribution is 7.47. The van der Waals surface area contributed by atoms with Gasteiger partial charge in [-0.3, -0.25) is 33.0 Å². The van der Waals surface area contributed by atoms with Crippen molar-refractivity contribution < 1.29 is 61.2 Å². The van der Waals surface area contributed by atoms with Crippen molar-refractivity contribution in [2.24, 2.45) is 0 Å². The first-order valence-electron chi connectivity index (χ1n) is 31.2.